The second kappa shape index (κ2) is 8.45. The van der Waals surface area contributed by atoms with Gasteiger partial charge in [-0.15, -0.1) is 0 Å². The smallest absolute Gasteiger partial charge is 0.225 e. The molecule has 1 aliphatic rings. The third-order valence-electron chi connectivity index (χ3n) is 5.06. The lowest BCUT2D eigenvalue weighted by atomic mass is 10.1. The fraction of sp³-hybridized carbons (Fsp3) is 0.368. The Kier molecular flexibility index (Phi) is 5.90. The number of aryl methyl sites for hydroxylation is 1. The summed E-state index contributed by atoms with van der Waals surface area (Å²) in [6.45, 7) is 3.02. The number of amides is 1. The number of nitrogens with zero attached hydrogens (tertiary/aromatic N) is 5. The molecule has 4 rings (SSSR count). The highest BCUT2D eigenvalue weighted by atomic mass is 35.5. The fourth-order valence-corrected chi connectivity index (χ4v) is 4.41. The van der Waals surface area contributed by atoms with E-state index in [9.17, 15) is 4.79 Å². The van der Waals surface area contributed by atoms with Gasteiger partial charge in [-0.05, 0) is 25.0 Å². The summed E-state index contributed by atoms with van der Waals surface area (Å²) in [4.78, 5) is 27.0. The minimum atomic E-state index is 0.0831. The van der Waals surface area contributed by atoms with Gasteiger partial charge in [0.25, 0.3) is 0 Å². The standard InChI is InChI=1S/C19H20Cl3N7O/c1-10(30)29-5-3-4-12(9-29)24-18-23-8-15-17(27-18)28(2)19(25-15)26-16-13(21)6-11(20)7-14(16)22/h6-8,12H,3-5,9H2,1-2H3,(H,25,26)(H,23,24,27)/t12-/m1/s1. The Labute approximate surface area is 188 Å². The van der Waals surface area contributed by atoms with Gasteiger partial charge in [-0.25, -0.2) is 9.97 Å². The first-order valence-electron chi connectivity index (χ1n) is 9.45. The number of carbonyl (C=O) groups excluding carboxylic acids is 1. The van der Waals surface area contributed by atoms with Crippen molar-refractivity contribution >= 4 is 69.5 Å². The number of nitrogens with one attached hydrogen (secondary N) is 2. The van der Waals surface area contributed by atoms with Crippen molar-refractivity contribution in [3.63, 3.8) is 0 Å². The Hall–Kier alpha value is -2.29. The third kappa shape index (κ3) is 4.26. The number of anilines is 3. The van der Waals surface area contributed by atoms with Gasteiger partial charge in [0.15, 0.2) is 5.65 Å². The largest absolute Gasteiger partial charge is 0.350 e. The van der Waals surface area contributed by atoms with E-state index in [-0.39, 0.29) is 11.9 Å². The van der Waals surface area contributed by atoms with Crippen LogP contribution in [-0.4, -0.2) is 49.5 Å². The molecule has 158 valence electrons. The fourth-order valence-electron chi connectivity index (χ4n) is 3.50. The summed E-state index contributed by atoms with van der Waals surface area (Å²) in [5.41, 5.74) is 1.79. The molecular weight excluding hydrogens is 449 g/mol. The topological polar surface area (TPSA) is 88.0 Å². The highest BCUT2D eigenvalue weighted by Gasteiger charge is 2.22. The summed E-state index contributed by atoms with van der Waals surface area (Å²) in [6.07, 6.45) is 3.56. The Morgan fingerprint density at radius 1 is 1.20 bits per heavy atom. The predicted molar refractivity (Wildman–Crippen MR) is 120 cm³/mol. The number of halogens is 3. The summed E-state index contributed by atoms with van der Waals surface area (Å²) in [6, 6.07) is 3.32. The molecule has 11 heteroatoms. The second-order valence-electron chi connectivity index (χ2n) is 7.21. The lowest BCUT2D eigenvalue weighted by Gasteiger charge is -2.32. The predicted octanol–water partition coefficient (Wildman–Crippen LogP) is 4.49. The molecule has 0 saturated carbocycles. The van der Waals surface area contributed by atoms with E-state index in [0.29, 0.717) is 50.4 Å². The molecule has 3 heterocycles. The van der Waals surface area contributed by atoms with E-state index in [1.54, 1.807) is 29.8 Å². The van der Waals surface area contributed by atoms with Crippen LogP contribution in [0.1, 0.15) is 19.8 Å². The van der Waals surface area contributed by atoms with Crippen LogP contribution in [0.2, 0.25) is 15.1 Å². The van der Waals surface area contributed by atoms with E-state index in [2.05, 4.69) is 25.6 Å². The van der Waals surface area contributed by atoms with Crippen molar-refractivity contribution in [2.75, 3.05) is 23.7 Å². The van der Waals surface area contributed by atoms with Crippen molar-refractivity contribution in [2.45, 2.75) is 25.8 Å². The molecule has 1 aliphatic heterocycles. The van der Waals surface area contributed by atoms with E-state index >= 15 is 0 Å². The van der Waals surface area contributed by atoms with Crippen LogP contribution in [0.5, 0.6) is 0 Å². The highest BCUT2D eigenvalue weighted by Crippen LogP contribution is 2.35. The monoisotopic (exact) mass is 467 g/mol. The summed E-state index contributed by atoms with van der Waals surface area (Å²) < 4.78 is 1.80. The van der Waals surface area contributed by atoms with E-state index in [4.69, 9.17) is 34.8 Å². The first-order valence-corrected chi connectivity index (χ1v) is 10.6. The molecule has 1 saturated heterocycles. The summed E-state index contributed by atoms with van der Waals surface area (Å²) >= 11 is 18.5. The van der Waals surface area contributed by atoms with Crippen LogP contribution in [0, 0.1) is 0 Å². The van der Waals surface area contributed by atoms with Crippen LogP contribution in [0.3, 0.4) is 0 Å². The zero-order valence-corrected chi connectivity index (χ0v) is 18.7. The number of likely N-dealkylation sites (tertiary alicyclic amines) is 1. The molecule has 0 aliphatic carbocycles. The normalized spacial score (nSPS) is 16.7. The molecule has 8 nitrogen and oxygen atoms in total. The molecule has 1 aromatic carbocycles. The van der Waals surface area contributed by atoms with Crippen molar-refractivity contribution in [3.05, 3.63) is 33.4 Å². The maximum Gasteiger partial charge on any atom is 0.225 e. The van der Waals surface area contributed by atoms with Gasteiger partial charge in [0.2, 0.25) is 17.8 Å². The minimum absolute atomic E-state index is 0.0831. The van der Waals surface area contributed by atoms with E-state index in [0.717, 1.165) is 19.4 Å². The molecule has 1 atom stereocenters. The number of benzene rings is 1. The molecule has 1 fully saturated rings. The molecule has 1 amide bonds. The van der Waals surface area contributed by atoms with Gasteiger partial charge in [0.1, 0.15) is 5.52 Å². The number of piperidine rings is 1. The van der Waals surface area contributed by atoms with Crippen LogP contribution < -0.4 is 10.6 Å². The van der Waals surface area contributed by atoms with Crippen LogP contribution in [-0.2, 0) is 11.8 Å². The number of carbonyl (C=O) groups is 1. The number of imidazole rings is 1. The molecule has 0 unspecified atom stereocenters. The van der Waals surface area contributed by atoms with Gasteiger partial charge in [-0.1, -0.05) is 34.8 Å². The maximum absolute atomic E-state index is 11.7. The Morgan fingerprint density at radius 3 is 2.63 bits per heavy atom. The van der Waals surface area contributed by atoms with E-state index in [1.807, 2.05) is 11.9 Å². The number of rotatable bonds is 4. The maximum atomic E-state index is 11.7. The summed E-state index contributed by atoms with van der Waals surface area (Å²) in [7, 11) is 1.84. The van der Waals surface area contributed by atoms with Crippen molar-refractivity contribution in [1.29, 1.82) is 0 Å². The zero-order valence-electron chi connectivity index (χ0n) is 16.4. The SMILES string of the molecule is CC(=O)N1CCC[C@@H](Nc2ncc3nc(Nc4c(Cl)cc(Cl)cc4Cl)n(C)c3n2)C1. The van der Waals surface area contributed by atoms with Crippen molar-refractivity contribution in [1.82, 2.24) is 24.4 Å². The number of fused-ring (bicyclic) bond motifs is 1. The van der Waals surface area contributed by atoms with Gasteiger partial charge in [-0.2, -0.15) is 4.98 Å². The van der Waals surface area contributed by atoms with Crippen molar-refractivity contribution in [2.24, 2.45) is 7.05 Å². The van der Waals surface area contributed by atoms with E-state index < -0.39 is 0 Å². The Balaban J connectivity index is 1.57. The summed E-state index contributed by atoms with van der Waals surface area (Å²) in [5.74, 6) is 1.10. The van der Waals surface area contributed by atoms with Gasteiger partial charge in [-0.3, -0.25) is 9.36 Å². The van der Waals surface area contributed by atoms with Crippen LogP contribution in [0.4, 0.5) is 17.6 Å². The first kappa shape index (κ1) is 21.0. The first-order chi connectivity index (χ1) is 14.3. The van der Waals surface area contributed by atoms with Crippen LogP contribution >= 0.6 is 34.8 Å². The van der Waals surface area contributed by atoms with Gasteiger partial charge in [0, 0.05) is 38.1 Å². The third-order valence-corrected chi connectivity index (χ3v) is 5.87. The Bertz CT molecular complexity index is 1090. The van der Waals surface area contributed by atoms with Gasteiger partial charge < -0.3 is 15.5 Å². The zero-order chi connectivity index (χ0) is 21.4. The molecule has 2 N–H and O–H groups in total. The average molecular weight is 469 g/mol. The lowest BCUT2D eigenvalue weighted by molar-refractivity contribution is -0.129. The quantitative estimate of drug-likeness (QED) is 0.586. The average Bonchev–Trinajstić information content (AvgIpc) is 3.00. The van der Waals surface area contributed by atoms with E-state index in [1.165, 1.54) is 0 Å². The highest BCUT2D eigenvalue weighted by molar-refractivity contribution is 6.41. The van der Waals surface area contributed by atoms with Gasteiger partial charge >= 0.3 is 0 Å². The van der Waals surface area contributed by atoms with Crippen LogP contribution in [0.15, 0.2) is 18.3 Å². The molecule has 0 radical (unpaired) electrons. The second-order valence-corrected chi connectivity index (χ2v) is 8.47. The summed E-state index contributed by atoms with van der Waals surface area (Å²) in [5, 5.41) is 7.71. The lowest BCUT2D eigenvalue weighted by Crippen LogP contribution is -2.44. The Morgan fingerprint density at radius 2 is 1.93 bits per heavy atom. The minimum Gasteiger partial charge on any atom is -0.350 e. The van der Waals surface area contributed by atoms with Crippen LogP contribution in [0.25, 0.3) is 11.2 Å². The number of hydrogen-bond acceptors (Lipinski definition) is 6. The molecule has 2 aromatic heterocycles. The molecular formula is C19H20Cl3N7O. The molecule has 3 aromatic rings. The molecule has 0 spiro atoms. The number of aromatic nitrogens is 4. The molecule has 30 heavy (non-hydrogen) atoms. The van der Waals surface area contributed by atoms with Crippen molar-refractivity contribution < 1.29 is 4.79 Å². The molecule has 0 bridgehead atoms. The van der Waals surface area contributed by atoms with Crippen molar-refractivity contribution in [3.8, 4) is 0 Å². The number of hydrogen-bond donors (Lipinski definition) is 2. The van der Waals surface area contributed by atoms with Gasteiger partial charge in [0.05, 0.1) is 21.9 Å².